The van der Waals surface area contributed by atoms with Crippen molar-refractivity contribution in [2.45, 2.75) is 6.54 Å². The Morgan fingerprint density at radius 3 is 2.90 bits per heavy atom. The molecule has 1 N–H and O–H groups in total. The minimum atomic E-state index is -0.540. The Balaban J connectivity index is 2.13. The maximum Gasteiger partial charge on any atom is 0.284 e. The van der Waals surface area contributed by atoms with Crippen molar-refractivity contribution in [1.82, 2.24) is 15.1 Å². The average molecular weight is 339 g/mol. The van der Waals surface area contributed by atoms with Crippen molar-refractivity contribution < 1.29 is 9.72 Å². The molecule has 0 aliphatic carbocycles. The number of aryl methyl sites for hydroxylation is 1. The monoisotopic (exact) mass is 338 g/mol. The number of halogens is 1. The molecule has 0 fully saturated rings. The van der Waals surface area contributed by atoms with Gasteiger partial charge in [-0.1, -0.05) is 6.07 Å². The summed E-state index contributed by atoms with van der Waals surface area (Å²) in [6.07, 6.45) is 3.42. The van der Waals surface area contributed by atoms with Crippen LogP contribution in [-0.4, -0.2) is 20.6 Å². The zero-order chi connectivity index (χ0) is 14.7. The van der Waals surface area contributed by atoms with Crippen molar-refractivity contribution in [3.63, 3.8) is 0 Å². The number of rotatable bonds is 4. The molecule has 104 valence electrons. The van der Waals surface area contributed by atoms with E-state index in [0.29, 0.717) is 6.54 Å². The zero-order valence-corrected chi connectivity index (χ0v) is 12.1. The number of nitro groups is 1. The number of hydrogen-bond donors (Lipinski definition) is 1. The molecule has 0 bridgehead atoms. The Labute approximate surface area is 122 Å². The number of aromatic nitrogens is 2. The summed E-state index contributed by atoms with van der Waals surface area (Å²) >= 11 is 3.09. The molecule has 0 saturated carbocycles. The fraction of sp³-hybridized carbons (Fsp3) is 0.167. The van der Waals surface area contributed by atoms with Crippen molar-refractivity contribution in [3.8, 4) is 0 Å². The first kappa shape index (κ1) is 14.2. The molecule has 20 heavy (non-hydrogen) atoms. The van der Waals surface area contributed by atoms with E-state index in [-0.39, 0.29) is 21.6 Å². The van der Waals surface area contributed by atoms with E-state index in [2.05, 4.69) is 26.3 Å². The second-order valence-corrected chi connectivity index (χ2v) is 4.89. The molecule has 1 aromatic carbocycles. The quantitative estimate of drug-likeness (QED) is 0.682. The fourth-order valence-corrected chi connectivity index (χ4v) is 2.27. The van der Waals surface area contributed by atoms with Crippen molar-refractivity contribution in [2.24, 2.45) is 7.05 Å². The highest BCUT2D eigenvalue weighted by atomic mass is 79.9. The average Bonchev–Trinajstić information content (AvgIpc) is 2.81. The molecule has 0 aliphatic rings. The fourth-order valence-electron chi connectivity index (χ4n) is 1.68. The Hall–Kier alpha value is -2.22. The molecule has 1 amide bonds. The van der Waals surface area contributed by atoms with E-state index in [0.717, 1.165) is 5.56 Å². The van der Waals surface area contributed by atoms with Crippen LogP contribution in [0.5, 0.6) is 0 Å². The molecule has 2 rings (SSSR count). The van der Waals surface area contributed by atoms with Crippen LogP contribution in [0.25, 0.3) is 0 Å². The van der Waals surface area contributed by atoms with Gasteiger partial charge in [0.2, 0.25) is 0 Å². The summed E-state index contributed by atoms with van der Waals surface area (Å²) in [7, 11) is 1.78. The van der Waals surface area contributed by atoms with E-state index >= 15 is 0 Å². The SMILES string of the molecule is Cn1cc(CNC(=O)c2cccc([N+](=O)[O-])c2Br)cn1. The van der Waals surface area contributed by atoms with Gasteiger partial charge in [0.05, 0.1) is 16.7 Å². The van der Waals surface area contributed by atoms with E-state index in [9.17, 15) is 14.9 Å². The minimum absolute atomic E-state index is 0.140. The highest BCUT2D eigenvalue weighted by Gasteiger charge is 2.19. The summed E-state index contributed by atoms with van der Waals surface area (Å²) in [6.45, 7) is 0.307. The number of benzene rings is 1. The van der Waals surface area contributed by atoms with E-state index < -0.39 is 4.92 Å². The molecular weight excluding hydrogens is 328 g/mol. The summed E-state index contributed by atoms with van der Waals surface area (Å²) < 4.78 is 1.80. The van der Waals surface area contributed by atoms with Crippen LogP contribution in [0.1, 0.15) is 15.9 Å². The van der Waals surface area contributed by atoms with Gasteiger partial charge in [-0.25, -0.2) is 0 Å². The van der Waals surface area contributed by atoms with Crippen LogP contribution in [0, 0.1) is 10.1 Å². The first-order chi connectivity index (χ1) is 9.49. The molecule has 1 heterocycles. The maximum atomic E-state index is 12.0. The third-order valence-electron chi connectivity index (χ3n) is 2.63. The molecular formula is C12H11BrN4O3. The molecule has 0 radical (unpaired) electrons. The second kappa shape index (κ2) is 5.83. The Bertz CT molecular complexity index is 668. The minimum Gasteiger partial charge on any atom is -0.348 e. The normalized spacial score (nSPS) is 10.3. The van der Waals surface area contributed by atoms with Gasteiger partial charge in [-0.15, -0.1) is 0 Å². The third-order valence-corrected chi connectivity index (χ3v) is 3.46. The smallest absolute Gasteiger partial charge is 0.284 e. The molecule has 2 aromatic rings. The standard InChI is InChI=1S/C12H11BrN4O3/c1-16-7-8(6-15-16)5-14-12(18)9-3-2-4-10(11(9)13)17(19)20/h2-4,6-7H,5H2,1H3,(H,14,18). The molecule has 0 saturated heterocycles. The lowest BCUT2D eigenvalue weighted by Crippen LogP contribution is -2.23. The Morgan fingerprint density at radius 2 is 2.30 bits per heavy atom. The van der Waals surface area contributed by atoms with Crippen LogP contribution in [0.3, 0.4) is 0 Å². The predicted octanol–water partition coefficient (Wildman–Crippen LogP) is 2.02. The summed E-state index contributed by atoms with van der Waals surface area (Å²) in [5.74, 6) is -0.385. The van der Waals surface area contributed by atoms with Gasteiger partial charge in [-0.2, -0.15) is 5.10 Å². The molecule has 7 nitrogen and oxygen atoms in total. The first-order valence-corrected chi connectivity index (χ1v) is 6.47. The first-order valence-electron chi connectivity index (χ1n) is 5.67. The molecule has 8 heteroatoms. The van der Waals surface area contributed by atoms with Crippen molar-refractivity contribution >= 4 is 27.5 Å². The summed E-state index contributed by atoms with van der Waals surface area (Å²) in [6, 6.07) is 4.33. The van der Waals surface area contributed by atoms with Crippen molar-refractivity contribution in [3.05, 3.63) is 56.3 Å². The van der Waals surface area contributed by atoms with Gasteiger partial charge in [0.25, 0.3) is 11.6 Å². The number of hydrogen-bond acceptors (Lipinski definition) is 4. The van der Waals surface area contributed by atoms with Crippen LogP contribution in [-0.2, 0) is 13.6 Å². The van der Waals surface area contributed by atoms with Gasteiger partial charge < -0.3 is 5.32 Å². The van der Waals surface area contributed by atoms with Gasteiger partial charge in [0, 0.05) is 31.4 Å². The highest BCUT2D eigenvalue weighted by molar-refractivity contribution is 9.10. The topological polar surface area (TPSA) is 90.1 Å². The van der Waals surface area contributed by atoms with E-state index in [1.165, 1.54) is 18.2 Å². The van der Waals surface area contributed by atoms with Crippen LogP contribution in [0.4, 0.5) is 5.69 Å². The number of nitrogens with zero attached hydrogens (tertiary/aromatic N) is 3. The number of carbonyl (C=O) groups is 1. The van der Waals surface area contributed by atoms with Gasteiger partial charge in [-0.3, -0.25) is 19.6 Å². The number of carbonyl (C=O) groups excluding carboxylic acids is 1. The Morgan fingerprint density at radius 1 is 1.55 bits per heavy atom. The molecule has 0 aliphatic heterocycles. The molecule has 0 unspecified atom stereocenters. The largest absolute Gasteiger partial charge is 0.348 e. The van der Waals surface area contributed by atoms with E-state index in [4.69, 9.17) is 0 Å². The molecule has 1 aromatic heterocycles. The zero-order valence-electron chi connectivity index (χ0n) is 10.5. The summed E-state index contributed by atoms with van der Waals surface area (Å²) in [4.78, 5) is 22.3. The van der Waals surface area contributed by atoms with Crippen LogP contribution < -0.4 is 5.32 Å². The van der Waals surface area contributed by atoms with E-state index in [1.54, 1.807) is 24.1 Å². The lowest BCUT2D eigenvalue weighted by Gasteiger charge is -2.06. The third kappa shape index (κ3) is 3.02. The lowest BCUT2D eigenvalue weighted by atomic mass is 10.2. The molecule has 0 atom stereocenters. The predicted molar refractivity (Wildman–Crippen MR) is 75.2 cm³/mol. The van der Waals surface area contributed by atoms with Crippen LogP contribution >= 0.6 is 15.9 Å². The van der Waals surface area contributed by atoms with E-state index in [1.807, 2.05) is 0 Å². The van der Waals surface area contributed by atoms with Gasteiger partial charge in [0.1, 0.15) is 4.47 Å². The van der Waals surface area contributed by atoms with Gasteiger partial charge >= 0.3 is 0 Å². The number of nitrogens with one attached hydrogen (secondary N) is 1. The molecule has 0 spiro atoms. The summed E-state index contributed by atoms with van der Waals surface area (Å²) in [5, 5.41) is 17.5. The number of nitro benzene ring substituents is 1. The van der Waals surface area contributed by atoms with Crippen molar-refractivity contribution in [2.75, 3.05) is 0 Å². The Kier molecular flexibility index (Phi) is 4.14. The maximum absolute atomic E-state index is 12.0. The lowest BCUT2D eigenvalue weighted by molar-refractivity contribution is -0.385. The van der Waals surface area contributed by atoms with Crippen LogP contribution in [0.2, 0.25) is 0 Å². The van der Waals surface area contributed by atoms with Crippen molar-refractivity contribution in [1.29, 1.82) is 0 Å². The van der Waals surface area contributed by atoms with Gasteiger partial charge in [0.15, 0.2) is 0 Å². The number of amides is 1. The van der Waals surface area contributed by atoms with Crippen LogP contribution in [0.15, 0.2) is 35.1 Å². The second-order valence-electron chi connectivity index (χ2n) is 4.10. The van der Waals surface area contributed by atoms with Gasteiger partial charge in [-0.05, 0) is 22.0 Å². The highest BCUT2D eigenvalue weighted by Crippen LogP contribution is 2.28. The summed E-state index contributed by atoms with van der Waals surface area (Å²) in [5.41, 5.74) is 0.935.